The van der Waals surface area contributed by atoms with E-state index in [4.69, 9.17) is 11.6 Å². The van der Waals surface area contributed by atoms with E-state index in [2.05, 4.69) is 24.4 Å². The molecule has 0 spiro atoms. The smallest absolute Gasteiger partial charge is 0.0453 e. The molecule has 1 aromatic rings. The van der Waals surface area contributed by atoms with E-state index in [-0.39, 0.29) is 0 Å². The van der Waals surface area contributed by atoms with Gasteiger partial charge in [-0.05, 0) is 43.4 Å². The summed E-state index contributed by atoms with van der Waals surface area (Å²) in [6.45, 7) is 3.29. The van der Waals surface area contributed by atoms with Gasteiger partial charge in [0.25, 0.3) is 0 Å². The Morgan fingerprint density at radius 1 is 1.20 bits per heavy atom. The number of hydrogen-bond acceptors (Lipinski definition) is 1. The van der Waals surface area contributed by atoms with Crippen molar-refractivity contribution in [3.63, 3.8) is 0 Å². The van der Waals surface area contributed by atoms with Gasteiger partial charge in [-0.2, -0.15) is 0 Å². The molecule has 1 N–H and O–H groups in total. The molecule has 1 fully saturated rings. The van der Waals surface area contributed by atoms with Gasteiger partial charge >= 0.3 is 0 Å². The maximum atomic E-state index is 6.38. The van der Waals surface area contributed by atoms with Gasteiger partial charge in [0.05, 0.1) is 0 Å². The first kappa shape index (κ1) is 15.9. The van der Waals surface area contributed by atoms with E-state index in [1.165, 1.54) is 56.9 Å². The van der Waals surface area contributed by atoms with E-state index in [9.17, 15) is 0 Å². The summed E-state index contributed by atoms with van der Waals surface area (Å²) in [4.78, 5) is 0. The Balaban J connectivity index is 1.94. The van der Waals surface area contributed by atoms with Crippen molar-refractivity contribution in [1.29, 1.82) is 0 Å². The van der Waals surface area contributed by atoms with E-state index in [0.717, 1.165) is 17.5 Å². The molecule has 0 radical (unpaired) electrons. The van der Waals surface area contributed by atoms with Crippen LogP contribution in [0.4, 0.5) is 0 Å². The Bertz CT molecular complexity index is 385. The highest BCUT2D eigenvalue weighted by atomic mass is 35.5. The summed E-state index contributed by atoms with van der Waals surface area (Å²) >= 11 is 6.38. The number of halogens is 1. The molecule has 0 aromatic heterocycles. The standard InChI is InChI=1S/C18H28ClN/c1-2-14-20-18(16-10-6-7-11-17(16)19)13-12-15-8-4-3-5-9-15/h6-7,10-11,15,18,20H,2-5,8-9,12-14H2,1H3. The lowest BCUT2D eigenvalue weighted by atomic mass is 9.84. The molecule has 1 saturated carbocycles. The zero-order valence-electron chi connectivity index (χ0n) is 12.7. The SMILES string of the molecule is CCCNC(CCC1CCCCC1)c1ccccc1Cl. The number of benzene rings is 1. The average Bonchev–Trinajstić information content (AvgIpc) is 2.49. The first-order valence-electron chi connectivity index (χ1n) is 8.29. The topological polar surface area (TPSA) is 12.0 Å². The number of hydrogen-bond donors (Lipinski definition) is 1. The van der Waals surface area contributed by atoms with Gasteiger partial charge in [-0.15, -0.1) is 0 Å². The molecule has 112 valence electrons. The molecule has 20 heavy (non-hydrogen) atoms. The lowest BCUT2D eigenvalue weighted by Crippen LogP contribution is -2.23. The minimum absolute atomic E-state index is 0.422. The van der Waals surface area contributed by atoms with E-state index in [1.54, 1.807) is 0 Å². The Kier molecular flexibility index (Phi) is 6.89. The van der Waals surface area contributed by atoms with E-state index in [0.29, 0.717) is 6.04 Å². The molecule has 1 aromatic carbocycles. The number of rotatable bonds is 7. The molecule has 0 aliphatic heterocycles. The van der Waals surface area contributed by atoms with Crippen LogP contribution in [0.1, 0.15) is 69.9 Å². The predicted octanol–water partition coefficient (Wildman–Crippen LogP) is 5.74. The van der Waals surface area contributed by atoms with Crippen LogP contribution in [0, 0.1) is 5.92 Å². The van der Waals surface area contributed by atoms with Crippen molar-refractivity contribution in [2.45, 2.75) is 64.3 Å². The highest BCUT2D eigenvalue weighted by Gasteiger charge is 2.18. The van der Waals surface area contributed by atoms with Crippen molar-refractivity contribution in [2.24, 2.45) is 5.92 Å². The Hall–Kier alpha value is -0.530. The molecular formula is C18H28ClN. The molecule has 0 amide bonds. The van der Waals surface area contributed by atoms with Crippen molar-refractivity contribution in [1.82, 2.24) is 5.32 Å². The first-order chi connectivity index (χ1) is 9.81. The molecule has 0 heterocycles. The van der Waals surface area contributed by atoms with Crippen LogP contribution in [-0.2, 0) is 0 Å². The minimum atomic E-state index is 0.422. The maximum Gasteiger partial charge on any atom is 0.0453 e. The molecular weight excluding hydrogens is 266 g/mol. The zero-order chi connectivity index (χ0) is 14.2. The van der Waals surface area contributed by atoms with Crippen LogP contribution in [-0.4, -0.2) is 6.54 Å². The quantitative estimate of drug-likeness (QED) is 0.676. The highest BCUT2D eigenvalue weighted by molar-refractivity contribution is 6.31. The van der Waals surface area contributed by atoms with Crippen LogP contribution in [0.5, 0.6) is 0 Å². The fourth-order valence-corrected chi connectivity index (χ4v) is 3.59. The lowest BCUT2D eigenvalue weighted by Gasteiger charge is -2.25. The van der Waals surface area contributed by atoms with Crippen LogP contribution < -0.4 is 5.32 Å². The number of nitrogens with one attached hydrogen (secondary N) is 1. The average molecular weight is 294 g/mol. The molecule has 0 bridgehead atoms. The minimum Gasteiger partial charge on any atom is -0.310 e. The van der Waals surface area contributed by atoms with Gasteiger partial charge in [0.15, 0.2) is 0 Å². The summed E-state index contributed by atoms with van der Waals surface area (Å²) in [5.41, 5.74) is 1.28. The summed E-state index contributed by atoms with van der Waals surface area (Å²) in [6, 6.07) is 8.73. The summed E-state index contributed by atoms with van der Waals surface area (Å²) < 4.78 is 0. The third-order valence-electron chi connectivity index (χ3n) is 4.51. The summed E-state index contributed by atoms with van der Waals surface area (Å²) in [7, 11) is 0. The normalized spacial score (nSPS) is 18.1. The molecule has 2 rings (SSSR count). The van der Waals surface area contributed by atoms with Crippen LogP contribution in [0.15, 0.2) is 24.3 Å². The molecule has 1 aliphatic carbocycles. The fraction of sp³-hybridized carbons (Fsp3) is 0.667. The zero-order valence-corrected chi connectivity index (χ0v) is 13.5. The van der Waals surface area contributed by atoms with Gasteiger partial charge in [0.1, 0.15) is 0 Å². The van der Waals surface area contributed by atoms with E-state index < -0.39 is 0 Å². The van der Waals surface area contributed by atoms with Crippen molar-refractivity contribution < 1.29 is 0 Å². The van der Waals surface area contributed by atoms with Crippen molar-refractivity contribution in [3.05, 3.63) is 34.9 Å². The molecule has 1 nitrogen and oxygen atoms in total. The largest absolute Gasteiger partial charge is 0.310 e. The van der Waals surface area contributed by atoms with Crippen molar-refractivity contribution in [2.75, 3.05) is 6.54 Å². The molecule has 1 unspecified atom stereocenters. The van der Waals surface area contributed by atoms with Gasteiger partial charge in [0.2, 0.25) is 0 Å². The summed E-state index contributed by atoms with van der Waals surface area (Å²) in [6.07, 6.45) is 10.9. The van der Waals surface area contributed by atoms with Gasteiger partial charge in [-0.3, -0.25) is 0 Å². The first-order valence-corrected chi connectivity index (χ1v) is 8.67. The van der Waals surface area contributed by atoms with E-state index in [1.807, 2.05) is 12.1 Å². The van der Waals surface area contributed by atoms with Crippen LogP contribution in [0.2, 0.25) is 5.02 Å². The molecule has 1 aliphatic rings. The Morgan fingerprint density at radius 3 is 2.65 bits per heavy atom. The van der Waals surface area contributed by atoms with Crippen LogP contribution in [0.3, 0.4) is 0 Å². The second-order valence-electron chi connectivity index (χ2n) is 6.11. The lowest BCUT2D eigenvalue weighted by molar-refractivity contribution is 0.314. The Labute approximate surface area is 129 Å². The Morgan fingerprint density at radius 2 is 1.95 bits per heavy atom. The van der Waals surface area contributed by atoms with Crippen LogP contribution >= 0.6 is 11.6 Å². The highest BCUT2D eigenvalue weighted by Crippen LogP contribution is 2.32. The predicted molar refractivity (Wildman–Crippen MR) is 88.3 cm³/mol. The molecule has 1 atom stereocenters. The van der Waals surface area contributed by atoms with Crippen molar-refractivity contribution in [3.8, 4) is 0 Å². The molecule has 2 heteroatoms. The fourth-order valence-electron chi connectivity index (χ4n) is 3.32. The van der Waals surface area contributed by atoms with E-state index >= 15 is 0 Å². The van der Waals surface area contributed by atoms with Gasteiger partial charge in [-0.1, -0.05) is 68.8 Å². The summed E-state index contributed by atoms with van der Waals surface area (Å²) in [5.74, 6) is 0.942. The second kappa shape index (κ2) is 8.69. The van der Waals surface area contributed by atoms with Gasteiger partial charge < -0.3 is 5.32 Å². The van der Waals surface area contributed by atoms with Crippen LogP contribution in [0.25, 0.3) is 0 Å². The van der Waals surface area contributed by atoms with Gasteiger partial charge in [0, 0.05) is 11.1 Å². The third kappa shape index (κ3) is 4.79. The molecule has 0 saturated heterocycles. The summed E-state index contributed by atoms with van der Waals surface area (Å²) in [5, 5.41) is 4.59. The monoisotopic (exact) mass is 293 g/mol. The van der Waals surface area contributed by atoms with Gasteiger partial charge in [-0.25, -0.2) is 0 Å². The maximum absolute atomic E-state index is 6.38. The third-order valence-corrected chi connectivity index (χ3v) is 4.85. The van der Waals surface area contributed by atoms with Crippen molar-refractivity contribution >= 4 is 11.6 Å². The second-order valence-corrected chi connectivity index (χ2v) is 6.52.